The summed E-state index contributed by atoms with van der Waals surface area (Å²) in [5.74, 6) is -1.06. The van der Waals surface area contributed by atoms with Crippen LogP contribution in [0.2, 0.25) is 0 Å². The van der Waals surface area contributed by atoms with E-state index < -0.39 is 19.5 Å². The Morgan fingerprint density at radius 2 is 1.13 bits per heavy atom. The first-order valence-electron chi connectivity index (χ1n) is 7.18. The van der Waals surface area contributed by atoms with Crippen LogP contribution in [0.4, 0.5) is 0 Å². The van der Waals surface area contributed by atoms with Crippen LogP contribution in [0.5, 0.6) is 0 Å². The second-order valence-corrected chi connectivity index (χ2v) is 10.8. The average molecular weight is 366 g/mol. The van der Waals surface area contributed by atoms with Gasteiger partial charge in [-0.3, -0.25) is 0 Å². The first-order valence-corrected chi connectivity index (χ1v) is 10.8. The molecule has 23 heavy (non-hydrogen) atoms. The molecular formula is C19H15AsO3. The van der Waals surface area contributed by atoms with E-state index in [1.807, 2.05) is 60.7 Å². The molecule has 0 radical (unpaired) electrons. The maximum atomic E-state index is 14.1. The summed E-state index contributed by atoms with van der Waals surface area (Å²) in [6.07, 6.45) is 0. The first-order chi connectivity index (χ1) is 11.1. The molecule has 0 aromatic heterocycles. The Bertz CT molecular complexity index is 830. The van der Waals surface area contributed by atoms with Crippen molar-refractivity contribution in [1.29, 1.82) is 0 Å². The molecule has 0 aliphatic carbocycles. The summed E-state index contributed by atoms with van der Waals surface area (Å²) >= 11 is -4.05. The zero-order chi connectivity index (χ0) is 16.3. The van der Waals surface area contributed by atoms with E-state index in [2.05, 4.69) is 0 Å². The Balaban J connectivity index is 2.35. The molecule has 0 atom stereocenters. The molecule has 114 valence electrons. The van der Waals surface area contributed by atoms with Crippen LogP contribution in [0, 0.1) is 0 Å². The van der Waals surface area contributed by atoms with Gasteiger partial charge in [-0.15, -0.1) is 0 Å². The van der Waals surface area contributed by atoms with Crippen molar-refractivity contribution >= 4 is 32.5 Å². The molecular weight excluding hydrogens is 351 g/mol. The van der Waals surface area contributed by atoms with Gasteiger partial charge < -0.3 is 0 Å². The molecule has 1 N–H and O–H groups in total. The first kappa shape index (κ1) is 15.4. The molecule has 0 saturated heterocycles. The SMILES string of the molecule is O=C(O)c1ccccc1[As](=O)(c1ccccc1)c1ccccc1. The molecule has 3 aromatic rings. The number of carbonyl (C=O) groups is 1. The van der Waals surface area contributed by atoms with Gasteiger partial charge >= 0.3 is 137 Å². The molecule has 0 aliphatic heterocycles. The molecule has 0 heterocycles. The number of carboxylic acid groups (broad SMARTS) is 1. The third-order valence-corrected chi connectivity index (χ3v) is 10.3. The third-order valence-electron chi connectivity index (χ3n) is 3.71. The second-order valence-electron chi connectivity index (χ2n) is 5.10. The zero-order valence-electron chi connectivity index (χ0n) is 12.3. The van der Waals surface area contributed by atoms with E-state index in [9.17, 15) is 13.6 Å². The van der Waals surface area contributed by atoms with Crippen molar-refractivity contribution in [2.24, 2.45) is 0 Å². The minimum absolute atomic E-state index is 0.0997. The van der Waals surface area contributed by atoms with Crippen LogP contribution in [0.3, 0.4) is 0 Å². The predicted octanol–water partition coefficient (Wildman–Crippen LogP) is 1.78. The monoisotopic (exact) mass is 366 g/mol. The molecule has 4 heteroatoms. The van der Waals surface area contributed by atoms with E-state index >= 15 is 0 Å². The van der Waals surface area contributed by atoms with Crippen molar-refractivity contribution in [3.8, 4) is 0 Å². The summed E-state index contributed by atoms with van der Waals surface area (Å²) in [5.41, 5.74) is 0.0997. The van der Waals surface area contributed by atoms with Gasteiger partial charge in [0.15, 0.2) is 0 Å². The molecule has 0 aliphatic rings. The van der Waals surface area contributed by atoms with Crippen molar-refractivity contribution in [2.45, 2.75) is 0 Å². The Kier molecular flexibility index (Phi) is 4.22. The molecule has 0 bridgehead atoms. The Morgan fingerprint density at radius 1 is 0.696 bits per heavy atom. The average Bonchev–Trinajstić information content (AvgIpc) is 2.62. The Labute approximate surface area is 136 Å². The number of benzene rings is 3. The van der Waals surface area contributed by atoms with Gasteiger partial charge in [-0.2, -0.15) is 0 Å². The van der Waals surface area contributed by atoms with Gasteiger partial charge in [0, 0.05) is 0 Å². The van der Waals surface area contributed by atoms with Gasteiger partial charge in [0.05, 0.1) is 0 Å². The number of hydrogen-bond acceptors (Lipinski definition) is 2. The van der Waals surface area contributed by atoms with Crippen molar-refractivity contribution < 1.29 is 13.6 Å². The summed E-state index contributed by atoms with van der Waals surface area (Å²) in [6, 6.07) is 24.9. The molecule has 0 saturated carbocycles. The predicted molar refractivity (Wildman–Crippen MR) is 91.6 cm³/mol. The van der Waals surface area contributed by atoms with Crippen LogP contribution in [0.25, 0.3) is 0 Å². The third kappa shape index (κ3) is 2.76. The van der Waals surface area contributed by atoms with Crippen molar-refractivity contribution in [3.63, 3.8) is 0 Å². The molecule has 0 amide bonds. The van der Waals surface area contributed by atoms with Crippen LogP contribution >= 0.6 is 0 Å². The van der Waals surface area contributed by atoms with Crippen LogP contribution in [0.15, 0.2) is 84.9 Å². The fraction of sp³-hybridized carbons (Fsp3) is 0. The Morgan fingerprint density at radius 3 is 1.61 bits per heavy atom. The summed E-state index contributed by atoms with van der Waals surface area (Å²) in [6.45, 7) is 0. The molecule has 0 unspecified atom stereocenters. The van der Waals surface area contributed by atoms with Gasteiger partial charge in [-0.25, -0.2) is 0 Å². The summed E-state index contributed by atoms with van der Waals surface area (Å²) in [5, 5.41) is 9.51. The number of aromatic carboxylic acids is 1. The quantitative estimate of drug-likeness (QED) is 0.717. The van der Waals surface area contributed by atoms with Crippen LogP contribution < -0.4 is 13.1 Å². The number of carboxylic acids is 1. The summed E-state index contributed by atoms with van der Waals surface area (Å²) in [4.78, 5) is 11.6. The van der Waals surface area contributed by atoms with E-state index in [-0.39, 0.29) is 5.56 Å². The molecule has 0 spiro atoms. The van der Waals surface area contributed by atoms with Gasteiger partial charge in [0.25, 0.3) is 0 Å². The molecule has 3 nitrogen and oxygen atoms in total. The molecule has 0 fully saturated rings. The van der Waals surface area contributed by atoms with Gasteiger partial charge in [0.2, 0.25) is 0 Å². The van der Waals surface area contributed by atoms with Gasteiger partial charge in [0.1, 0.15) is 0 Å². The number of hydrogen-bond donors (Lipinski definition) is 1. The summed E-state index contributed by atoms with van der Waals surface area (Å²) in [7, 11) is 0. The second kappa shape index (κ2) is 6.31. The Hall–Kier alpha value is -2.51. The van der Waals surface area contributed by atoms with E-state index in [4.69, 9.17) is 0 Å². The van der Waals surface area contributed by atoms with E-state index in [1.165, 1.54) is 6.07 Å². The van der Waals surface area contributed by atoms with E-state index in [0.717, 1.165) is 0 Å². The van der Waals surface area contributed by atoms with Crippen molar-refractivity contribution in [2.75, 3.05) is 0 Å². The molecule has 3 aromatic carbocycles. The normalized spacial score (nSPS) is 11.1. The fourth-order valence-corrected chi connectivity index (χ4v) is 8.60. The minimum atomic E-state index is -4.05. The van der Waals surface area contributed by atoms with Crippen LogP contribution in [-0.4, -0.2) is 24.6 Å². The number of rotatable bonds is 4. The van der Waals surface area contributed by atoms with Crippen LogP contribution in [0.1, 0.15) is 10.4 Å². The molecule has 3 rings (SSSR count). The van der Waals surface area contributed by atoms with Gasteiger partial charge in [-0.1, -0.05) is 0 Å². The van der Waals surface area contributed by atoms with Crippen molar-refractivity contribution in [3.05, 3.63) is 90.5 Å². The zero-order valence-corrected chi connectivity index (χ0v) is 14.2. The van der Waals surface area contributed by atoms with E-state index in [0.29, 0.717) is 13.1 Å². The standard InChI is InChI=1S/C19H15AsO3/c21-19(22)17-13-7-8-14-18(17)20(23,15-9-3-1-4-10-15)16-11-5-2-6-12-16/h1-14H,(H,21,22). The van der Waals surface area contributed by atoms with Gasteiger partial charge in [-0.05, 0) is 0 Å². The maximum absolute atomic E-state index is 14.1. The van der Waals surface area contributed by atoms with Crippen LogP contribution in [-0.2, 0) is 3.74 Å². The fourth-order valence-electron chi connectivity index (χ4n) is 2.63. The topological polar surface area (TPSA) is 54.4 Å². The van der Waals surface area contributed by atoms with E-state index in [1.54, 1.807) is 18.2 Å². The van der Waals surface area contributed by atoms with Crippen molar-refractivity contribution in [1.82, 2.24) is 0 Å². The summed E-state index contributed by atoms with van der Waals surface area (Å²) < 4.78 is 15.9.